The molecule has 3 aromatic carbocycles. The third-order valence-corrected chi connectivity index (χ3v) is 15.3. The summed E-state index contributed by atoms with van der Waals surface area (Å²) in [6, 6.07) is 31.4. The SMILES string of the molecule is C[C@@H]1[C@@H](c2ccccc2)O[Si@](C)(Cl)N1C.C[C@@H]1[C@@H](c2ccccc2)O[Si@](Cl)(c2ccccc2)N1C. The molecule has 0 aliphatic carbocycles. The number of likely N-dealkylation sites (N-methyl/N-ethyl adjacent to an activating group) is 2. The summed E-state index contributed by atoms with van der Waals surface area (Å²) >= 11 is 13.3. The van der Waals surface area contributed by atoms with Gasteiger partial charge in [0.1, 0.15) is 0 Å². The number of hydrogen-bond acceptors (Lipinski definition) is 4. The van der Waals surface area contributed by atoms with E-state index in [1.807, 2.05) is 68.2 Å². The van der Waals surface area contributed by atoms with Crippen molar-refractivity contribution in [1.82, 2.24) is 9.13 Å². The molecule has 0 spiro atoms. The number of halogens is 2. The molecule has 5 rings (SSSR count). The van der Waals surface area contributed by atoms with E-state index in [1.54, 1.807) is 0 Å². The van der Waals surface area contributed by atoms with E-state index in [4.69, 9.17) is 31.0 Å². The fourth-order valence-electron chi connectivity index (χ4n) is 4.69. The zero-order chi connectivity index (χ0) is 25.2. The molecule has 2 saturated heterocycles. The molecule has 2 aliphatic heterocycles. The summed E-state index contributed by atoms with van der Waals surface area (Å²) in [5.74, 6) is 0. The van der Waals surface area contributed by atoms with E-state index in [0.717, 1.165) is 5.19 Å². The van der Waals surface area contributed by atoms with Crippen molar-refractivity contribution < 1.29 is 8.85 Å². The average molecular weight is 546 g/mol. The first kappa shape index (κ1) is 26.6. The van der Waals surface area contributed by atoms with E-state index < -0.39 is 15.6 Å². The second-order valence-corrected chi connectivity index (χ2v) is 18.4. The minimum Gasteiger partial charge on any atom is -0.383 e. The Morgan fingerprint density at radius 3 is 1.46 bits per heavy atom. The van der Waals surface area contributed by atoms with Gasteiger partial charge in [0.2, 0.25) is 0 Å². The Morgan fingerprint density at radius 1 is 0.629 bits per heavy atom. The zero-order valence-electron chi connectivity index (χ0n) is 20.9. The lowest BCUT2D eigenvalue weighted by atomic mass is 10.0. The third-order valence-electron chi connectivity index (χ3n) is 7.19. The van der Waals surface area contributed by atoms with Gasteiger partial charge in [-0.1, -0.05) is 91.0 Å². The smallest absolute Gasteiger partial charge is 0.383 e. The van der Waals surface area contributed by atoms with Gasteiger partial charge in [0.15, 0.2) is 0 Å². The first-order valence-electron chi connectivity index (χ1n) is 12.0. The minimum absolute atomic E-state index is 0.0329. The van der Waals surface area contributed by atoms with Crippen LogP contribution in [0.15, 0.2) is 91.0 Å². The molecule has 4 nitrogen and oxygen atoms in total. The van der Waals surface area contributed by atoms with Crippen LogP contribution >= 0.6 is 22.2 Å². The number of rotatable bonds is 3. The molecule has 186 valence electrons. The Hall–Kier alpha value is -1.49. The maximum absolute atomic E-state index is 6.93. The number of benzene rings is 3. The quantitative estimate of drug-likeness (QED) is 0.296. The molecule has 6 atom stereocenters. The first-order chi connectivity index (χ1) is 16.6. The Morgan fingerprint density at radius 2 is 1.03 bits per heavy atom. The molecular weight excluding hydrogens is 511 g/mol. The maximum atomic E-state index is 6.93. The van der Waals surface area contributed by atoms with Crippen molar-refractivity contribution >= 4 is 42.9 Å². The van der Waals surface area contributed by atoms with Crippen molar-refractivity contribution in [2.24, 2.45) is 0 Å². The predicted molar refractivity (Wildman–Crippen MR) is 150 cm³/mol. The van der Waals surface area contributed by atoms with Crippen LogP contribution in [0.1, 0.15) is 37.2 Å². The summed E-state index contributed by atoms with van der Waals surface area (Å²) in [7, 11) is -0.598. The number of nitrogens with zero attached hydrogens (tertiary/aromatic N) is 2. The van der Waals surface area contributed by atoms with Crippen molar-refractivity contribution in [2.45, 2.75) is 44.7 Å². The molecule has 3 aromatic rings. The van der Waals surface area contributed by atoms with Gasteiger partial charge < -0.3 is 8.85 Å². The van der Waals surface area contributed by atoms with Crippen LogP contribution in [0.3, 0.4) is 0 Å². The fourth-order valence-corrected chi connectivity index (χ4v) is 11.0. The summed E-state index contributed by atoms with van der Waals surface area (Å²) in [5.41, 5.74) is 2.41. The Bertz CT molecular complexity index is 1090. The van der Waals surface area contributed by atoms with Crippen LogP contribution in [0, 0.1) is 0 Å². The Labute approximate surface area is 221 Å². The van der Waals surface area contributed by atoms with E-state index in [2.05, 4.69) is 66.4 Å². The molecule has 2 heterocycles. The van der Waals surface area contributed by atoms with Crippen molar-refractivity contribution in [1.29, 1.82) is 0 Å². The van der Waals surface area contributed by atoms with Crippen LogP contribution in [0.4, 0.5) is 0 Å². The first-order valence-corrected chi connectivity index (χ1v) is 18.2. The summed E-state index contributed by atoms with van der Waals surface area (Å²) < 4.78 is 16.8. The van der Waals surface area contributed by atoms with Crippen LogP contribution in [0.5, 0.6) is 0 Å². The van der Waals surface area contributed by atoms with Gasteiger partial charge in [-0.2, -0.15) is 0 Å². The molecule has 0 aromatic heterocycles. The lowest BCUT2D eigenvalue weighted by molar-refractivity contribution is 0.208. The second-order valence-electron chi connectivity index (χ2n) is 9.40. The van der Waals surface area contributed by atoms with Gasteiger partial charge in [-0.25, -0.2) is 0 Å². The largest absolute Gasteiger partial charge is 0.408 e. The normalized spacial score (nSPS) is 33.3. The van der Waals surface area contributed by atoms with Crippen molar-refractivity contribution in [3.63, 3.8) is 0 Å². The van der Waals surface area contributed by atoms with Crippen molar-refractivity contribution in [3.05, 3.63) is 102 Å². The monoisotopic (exact) mass is 544 g/mol. The van der Waals surface area contributed by atoms with Crippen molar-refractivity contribution in [2.75, 3.05) is 14.1 Å². The van der Waals surface area contributed by atoms with Gasteiger partial charge in [-0.15, -0.1) is 22.2 Å². The van der Waals surface area contributed by atoms with Gasteiger partial charge >= 0.3 is 15.6 Å². The summed E-state index contributed by atoms with van der Waals surface area (Å²) in [4.78, 5) is 0. The van der Waals surface area contributed by atoms with Gasteiger partial charge in [-0.05, 0) is 50.8 Å². The number of hydrogen-bond donors (Lipinski definition) is 0. The second kappa shape index (κ2) is 10.9. The highest BCUT2D eigenvalue weighted by molar-refractivity contribution is 7.22. The van der Waals surface area contributed by atoms with Gasteiger partial charge in [0.25, 0.3) is 0 Å². The molecule has 0 bridgehead atoms. The molecule has 0 amide bonds. The van der Waals surface area contributed by atoms with Crippen LogP contribution in [-0.2, 0) is 8.85 Å². The van der Waals surface area contributed by atoms with Crippen LogP contribution in [-0.4, -0.2) is 50.9 Å². The van der Waals surface area contributed by atoms with Crippen molar-refractivity contribution in [3.8, 4) is 0 Å². The Balaban J connectivity index is 0.000000172. The van der Waals surface area contributed by atoms with Gasteiger partial charge in [0, 0.05) is 12.1 Å². The molecule has 35 heavy (non-hydrogen) atoms. The maximum Gasteiger partial charge on any atom is 0.408 e. The lowest BCUT2D eigenvalue weighted by Crippen LogP contribution is -2.55. The molecule has 0 unspecified atom stereocenters. The van der Waals surface area contributed by atoms with E-state index in [-0.39, 0.29) is 18.2 Å². The van der Waals surface area contributed by atoms with Crippen LogP contribution < -0.4 is 5.19 Å². The topological polar surface area (TPSA) is 24.9 Å². The average Bonchev–Trinajstić information content (AvgIpc) is 3.25. The van der Waals surface area contributed by atoms with E-state index in [1.165, 1.54) is 11.1 Å². The highest BCUT2D eigenvalue weighted by atomic mass is 35.6. The Kier molecular flexibility index (Phi) is 8.25. The lowest BCUT2D eigenvalue weighted by Gasteiger charge is -2.26. The van der Waals surface area contributed by atoms with E-state index in [0.29, 0.717) is 6.04 Å². The molecule has 0 radical (unpaired) electrons. The van der Waals surface area contributed by atoms with Crippen LogP contribution in [0.25, 0.3) is 0 Å². The van der Waals surface area contributed by atoms with E-state index >= 15 is 0 Å². The highest BCUT2D eigenvalue weighted by Gasteiger charge is 2.53. The standard InChI is InChI=1S/C16H18ClNOSi.C11H16ClNOSi/c1-13-16(14-9-5-3-6-10-14)19-20(17,18(13)2)15-11-7-4-8-12-15;1-9-11(10-7-5-4-6-8-10)14-15(3,12)13(9)2/h3-13,16H,1-2H3;4-9,11H,1-3H3/t13-,16+,20+;9-,11+,15-/m11/s1. The predicted octanol–water partition coefficient (Wildman–Crippen LogP) is 6.05. The minimum atomic E-state index is -2.57. The van der Waals surface area contributed by atoms with Crippen LogP contribution in [0.2, 0.25) is 6.55 Å². The third kappa shape index (κ3) is 5.45. The zero-order valence-corrected chi connectivity index (χ0v) is 24.4. The van der Waals surface area contributed by atoms with E-state index in [9.17, 15) is 0 Å². The van der Waals surface area contributed by atoms with Gasteiger partial charge in [0.05, 0.1) is 12.2 Å². The fraction of sp³-hybridized carbons (Fsp3) is 0.333. The highest BCUT2D eigenvalue weighted by Crippen LogP contribution is 2.40. The van der Waals surface area contributed by atoms with Gasteiger partial charge in [-0.3, -0.25) is 9.13 Å². The molecule has 2 aliphatic rings. The molecule has 8 heteroatoms. The summed E-state index contributed by atoms with van der Waals surface area (Å²) in [5, 5.41) is 1.11. The molecular formula is C27H34Cl2N2O2Si2. The summed E-state index contributed by atoms with van der Waals surface area (Å²) in [6.07, 6.45) is 0.149. The molecule has 2 fully saturated rings. The summed E-state index contributed by atoms with van der Waals surface area (Å²) in [6.45, 7) is 6.37. The molecule has 0 saturated carbocycles. The molecule has 0 N–H and O–H groups in total.